The molecule has 1 aliphatic carbocycles. The molecule has 1 aromatic rings. The van der Waals surface area contributed by atoms with Gasteiger partial charge in [0.2, 0.25) is 0 Å². The highest BCUT2D eigenvalue weighted by molar-refractivity contribution is 4.98. The summed E-state index contributed by atoms with van der Waals surface area (Å²) in [4.78, 5) is 0. The summed E-state index contributed by atoms with van der Waals surface area (Å²) in [6.07, 6.45) is 9.60. The molecule has 1 fully saturated rings. The fraction of sp³-hybridized carbons (Fsp3) is 0.786. The van der Waals surface area contributed by atoms with Gasteiger partial charge < -0.3 is 10.4 Å². The Morgan fingerprint density at radius 2 is 2.44 bits per heavy atom. The molecule has 1 saturated carbocycles. The maximum atomic E-state index is 9.79. The SMILES string of the molecule is CCCNC1(CO)CCCC1CCn1cccn1. The van der Waals surface area contributed by atoms with E-state index in [1.54, 1.807) is 0 Å². The van der Waals surface area contributed by atoms with Gasteiger partial charge in [0, 0.05) is 24.5 Å². The number of aliphatic hydroxyl groups is 1. The molecule has 0 radical (unpaired) electrons. The molecule has 18 heavy (non-hydrogen) atoms. The Kier molecular flexibility index (Phi) is 4.78. The zero-order chi connectivity index (χ0) is 12.8. The Bertz CT molecular complexity index is 339. The third-order valence-electron chi connectivity index (χ3n) is 4.23. The fourth-order valence-corrected chi connectivity index (χ4v) is 3.16. The quantitative estimate of drug-likeness (QED) is 0.777. The van der Waals surface area contributed by atoms with Crippen LogP contribution in [0.1, 0.15) is 39.0 Å². The molecule has 2 N–H and O–H groups in total. The van der Waals surface area contributed by atoms with Crippen molar-refractivity contribution in [2.75, 3.05) is 13.2 Å². The van der Waals surface area contributed by atoms with Crippen LogP contribution in [0, 0.1) is 5.92 Å². The summed E-state index contributed by atoms with van der Waals surface area (Å²) >= 11 is 0. The lowest BCUT2D eigenvalue weighted by Crippen LogP contribution is -2.51. The normalized spacial score (nSPS) is 27.8. The molecule has 1 aliphatic rings. The van der Waals surface area contributed by atoms with E-state index in [2.05, 4.69) is 17.3 Å². The molecule has 0 bridgehead atoms. The molecular weight excluding hydrogens is 226 g/mol. The minimum Gasteiger partial charge on any atom is -0.394 e. The molecule has 0 amide bonds. The summed E-state index contributed by atoms with van der Waals surface area (Å²) in [5.41, 5.74) is -0.0385. The number of nitrogens with zero attached hydrogens (tertiary/aromatic N) is 2. The van der Waals surface area contributed by atoms with E-state index >= 15 is 0 Å². The van der Waals surface area contributed by atoms with Crippen LogP contribution in [0.2, 0.25) is 0 Å². The van der Waals surface area contributed by atoms with Gasteiger partial charge in [0.25, 0.3) is 0 Å². The van der Waals surface area contributed by atoms with Gasteiger partial charge in [0.1, 0.15) is 0 Å². The van der Waals surface area contributed by atoms with Crippen molar-refractivity contribution in [2.24, 2.45) is 5.92 Å². The van der Waals surface area contributed by atoms with Crippen molar-refractivity contribution in [2.45, 2.75) is 51.1 Å². The van der Waals surface area contributed by atoms with Crippen LogP contribution in [0.15, 0.2) is 18.5 Å². The van der Waals surface area contributed by atoms with Gasteiger partial charge in [-0.15, -0.1) is 0 Å². The predicted octanol–water partition coefficient (Wildman–Crippen LogP) is 1.80. The second kappa shape index (κ2) is 6.34. The number of hydrogen-bond acceptors (Lipinski definition) is 3. The first kappa shape index (κ1) is 13.6. The molecule has 1 aromatic heterocycles. The van der Waals surface area contributed by atoms with Crippen LogP contribution in [0.5, 0.6) is 0 Å². The zero-order valence-electron chi connectivity index (χ0n) is 11.3. The number of aryl methyl sites for hydroxylation is 1. The number of nitrogens with one attached hydrogen (secondary N) is 1. The molecule has 102 valence electrons. The van der Waals surface area contributed by atoms with Crippen molar-refractivity contribution < 1.29 is 5.11 Å². The first-order valence-corrected chi connectivity index (χ1v) is 7.14. The summed E-state index contributed by atoms with van der Waals surface area (Å²) < 4.78 is 1.99. The average molecular weight is 251 g/mol. The lowest BCUT2D eigenvalue weighted by Gasteiger charge is -2.35. The molecule has 1 heterocycles. The smallest absolute Gasteiger partial charge is 0.0616 e. The second-order valence-electron chi connectivity index (χ2n) is 5.39. The van der Waals surface area contributed by atoms with Crippen molar-refractivity contribution in [3.05, 3.63) is 18.5 Å². The maximum Gasteiger partial charge on any atom is 0.0616 e. The van der Waals surface area contributed by atoms with E-state index < -0.39 is 0 Å². The standard InChI is InChI=1S/C14H25N3O/c1-2-8-15-14(12-18)7-3-5-13(14)6-11-17-10-4-9-16-17/h4,9-10,13,15,18H,2-3,5-8,11-12H2,1H3. The van der Waals surface area contributed by atoms with E-state index in [9.17, 15) is 5.11 Å². The summed E-state index contributed by atoms with van der Waals surface area (Å²) in [6, 6.07) is 1.96. The molecule has 2 unspecified atom stereocenters. The van der Waals surface area contributed by atoms with E-state index in [1.807, 2.05) is 23.1 Å². The van der Waals surface area contributed by atoms with Gasteiger partial charge in [-0.25, -0.2) is 0 Å². The molecule has 4 nitrogen and oxygen atoms in total. The van der Waals surface area contributed by atoms with E-state index in [0.717, 1.165) is 32.4 Å². The van der Waals surface area contributed by atoms with Crippen molar-refractivity contribution >= 4 is 0 Å². The van der Waals surface area contributed by atoms with Gasteiger partial charge in [-0.3, -0.25) is 4.68 Å². The third kappa shape index (κ3) is 2.93. The van der Waals surface area contributed by atoms with E-state index in [1.165, 1.54) is 12.8 Å². The molecule has 0 saturated heterocycles. The van der Waals surface area contributed by atoms with Crippen LogP contribution in [-0.2, 0) is 6.54 Å². The Morgan fingerprint density at radius 3 is 3.11 bits per heavy atom. The summed E-state index contributed by atoms with van der Waals surface area (Å²) in [7, 11) is 0. The zero-order valence-corrected chi connectivity index (χ0v) is 11.3. The van der Waals surface area contributed by atoms with Crippen LogP contribution in [0.3, 0.4) is 0 Å². The van der Waals surface area contributed by atoms with Gasteiger partial charge in [-0.2, -0.15) is 5.10 Å². The van der Waals surface area contributed by atoms with Crippen molar-refractivity contribution in [3.8, 4) is 0 Å². The van der Waals surface area contributed by atoms with Gasteiger partial charge in [0.15, 0.2) is 0 Å². The topological polar surface area (TPSA) is 50.1 Å². The highest BCUT2D eigenvalue weighted by Gasteiger charge is 2.41. The van der Waals surface area contributed by atoms with Crippen LogP contribution in [0.4, 0.5) is 0 Å². The fourth-order valence-electron chi connectivity index (χ4n) is 3.16. The highest BCUT2D eigenvalue weighted by Crippen LogP contribution is 2.37. The predicted molar refractivity (Wildman–Crippen MR) is 72.3 cm³/mol. The van der Waals surface area contributed by atoms with E-state index in [0.29, 0.717) is 5.92 Å². The average Bonchev–Trinajstić information content (AvgIpc) is 3.04. The van der Waals surface area contributed by atoms with Crippen LogP contribution < -0.4 is 5.32 Å². The molecular formula is C14H25N3O. The second-order valence-corrected chi connectivity index (χ2v) is 5.39. The van der Waals surface area contributed by atoms with Crippen molar-refractivity contribution in [3.63, 3.8) is 0 Å². The number of hydrogen-bond donors (Lipinski definition) is 2. The Hall–Kier alpha value is -0.870. The minimum atomic E-state index is -0.0385. The number of aliphatic hydroxyl groups excluding tert-OH is 1. The van der Waals surface area contributed by atoms with Gasteiger partial charge in [-0.1, -0.05) is 13.3 Å². The third-order valence-corrected chi connectivity index (χ3v) is 4.23. The monoisotopic (exact) mass is 251 g/mol. The lowest BCUT2D eigenvalue weighted by molar-refractivity contribution is 0.116. The van der Waals surface area contributed by atoms with Crippen LogP contribution in [0.25, 0.3) is 0 Å². The van der Waals surface area contributed by atoms with Crippen LogP contribution >= 0.6 is 0 Å². The first-order chi connectivity index (χ1) is 8.80. The van der Waals surface area contributed by atoms with Gasteiger partial charge >= 0.3 is 0 Å². The van der Waals surface area contributed by atoms with E-state index in [4.69, 9.17) is 0 Å². The van der Waals surface area contributed by atoms with Gasteiger partial charge in [-0.05, 0) is 44.2 Å². The largest absolute Gasteiger partial charge is 0.394 e. The summed E-state index contributed by atoms with van der Waals surface area (Å²) in [5.74, 6) is 0.568. The highest BCUT2D eigenvalue weighted by atomic mass is 16.3. The molecule has 2 atom stereocenters. The lowest BCUT2D eigenvalue weighted by atomic mass is 9.85. The molecule has 0 aliphatic heterocycles. The molecule has 2 rings (SSSR count). The van der Waals surface area contributed by atoms with Crippen LogP contribution in [-0.4, -0.2) is 33.6 Å². The minimum absolute atomic E-state index is 0.0385. The van der Waals surface area contributed by atoms with E-state index in [-0.39, 0.29) is 12.1 Å². The summed E-state index contributed by atoms with van der Waals surface area (Å²) in [5, 5.41) is 17.6. The Labute approximate surface area is 109 Å². The first-order valence-electron chi connectivity index (χ1n) is 7.14. The maximum absolute atomic E-state index is 9.79. The molecule has 4 heteroatoms. The Balaban J connectivity index is 1.92. The molecule has 0 aromatic carbocycles. The Morgan fingerprint density at radius 1 is 1.56 bits per heavy atom. The van der Waals surface area contributed by atoms with Crippen molar-refractivity contribution in [1.82, 2.24) is 15.1 Å². The number of aromatic nitrogens is 2. The van der Waals surface area contributed by atoms with Crippen molar-refractivity contribution in [1.29, 1.82) is 0 Å². The number of rotatable bonds is 7. The summed E-state index contributed by atoms with van der Waals surface area (Å²) in [6.45, 7) is 4.38. The molecule has 0 spiro atoms. The van der Waals surface area contributed by atoms with Gasteiger partial charge in [0.05, 0.1) is 6.61 Å².